The standard InChI is InChI=1S/C10H15BrClNO2S2/c1-4-6(2)7(3)13-17(14,15)9-5-8(12)10(11)16-9/h5-7,13H,4H2,1-3H3. The summed E-state index contributed by atoms with van der Waals surface area (Å²) in [5, 5.41) is 0.423. The summed E-state index contributed by atoms with van der Waals surface area (Å²) in [5.41, 5.74) is 0. The molecule has 0 aliphatic heterocycles. The Bertz CT molecular complexity index is 467. The Morgan fingerprint density at radius 1 is 1.53 bits per heavy atom. The number of hydrogen-bond acceptors (Lipinski definition) is 3. The van der Waals surface area contributed by atoms with Crippen molar-refractivity contribution in [3.05, 3.63) is 14.9 Å². The topological polar surface area (TPSA) is 46.2 Å². The lowest BCUT2D eigenvalue weighted by Gasteiger charge is -2.19. The van der Waals surface area contributed by atoms with Gasteiger partial charge >= 0.3 is 0 Å². The van der Waals surface area contributed by atoms with Crippen molar-refractivity contribution < 1.29 is 8.42 Å². The summed E-state index contributed by atoms with van der Waals surface area (Å²) in [6, 6.07) is 1.37. The van der Waals surface area contributed by atoms with Crippen molar-refractivity contribution in [3.8, 4) is 0 Å². The molecule has 17 heavy (non-hydrogen) atoms. The molecule has 1 aromatic heterocycles. The number of nitrogens with one attached hydrogen (secondary N) is 1. The normalized spacial score (nSPS) is 15.8. The molecule has 0 saturated heterocycles. The average molecular weight is 361 g/mol. The Labute approximate surface area is 120 Å². The first kappa shape index (κ1) is 15.4. The van der Waals surface area contributed by atoms with E-state index in [-0.39, 0.29) is 10.3 Å². The zero-order valence-corrected chi connectivity index (χ0v) is 13.8. The van der Waals surface area contributed by atoms with Crippen LogP contribution in [0.3, 0.4) is 0 Å². The van der Waals surface area contributed by atoms with Crippen LogP contribution in [0.25, 0.3) is 0 Å². The molecule has 0 amide bonds. The van der Waals surface area contributed by atoms with Crippen molar-refractivity contribution in [3.63, 3.8) is 0 Å². The molecular weight excluding hydrogens is 346 g/mol. The highest BCUT2D eigenvalue weighted by molar-refractivity contribution is 9.11. The Kier molecular flexibility index (Phi) is 5.46. The van der Waals surface area contributed by atoms with E-state index in [0.717, 1.165) is 17.8 Å². The average Bonchev–Trinajstić information content (AvgIpc) is 2.58. The zero-order chi connectivity index (χ0) is 13.2. The van der Waals surface area contributed by atoms with Gasteiger partial charge in [0.05, 0.1) is 8.81 Å². The molecule has 0 fully saturated rings. The van der Waals surface area contributed by atoms with E-state index >= 15 is 0 Å². The second-order valence-electron chi connectivity index (χ2n) is 3.98. The van der Waals surface area contributed by atoms with Gasteiger partial charge in [0, 0.05) is 6.04 Å². The molecule has 2 unspecified atom stereocenters. The maximum Gasteiger partial charge on any atom is 0.250 e. The van der Waals surface area contributed by atoms with Crippen molar-refractivity contribution in [2.45, 2.75) is 37.4 Å². The molecule has 1 rings (SSSR count). The number of sulfonamides is 1. The van der Waals surface area contributed by atoms with Crippen molar-refractivity contribution in [1.82, 2.24) is 4.72 Å². The Balaban J connectivity index is 2.89. The summed E-state index contributed by atoms with van der Waals surface area (Å²) >= 11 is 10.2. The third-order valence-electron chi connectivity index (χ3n) is 2.73. The van der Waals surface area contributed by atoms with E-state index in [0.29, 0.717) is 14.7 Å². The minimum atomic E-state index is -3.46. The summed E-state index contributed by atoms with van der Waals surface area (Å²) in [7, 11) is -3.46. The third kappa shape index (κ3) is 3.92. The van der Waals surface area contributed by atoms with Gasteiger partial charge in [0.1, 0.15) is 4.21 Å². The molecule has 1 heterocycles. The van der Waals surface area contributed by atoms with Crippen LogP contribution in [-0.2, 0) is 10.0 Å². The second-order valence-corrected chi connectivity index (χ2v) is 8.70. The van der Waals surface area contributed by atoms with E-state index < -0.39 is 10.0 Å². The fraction of sp³-hybridized carbons (Fsp3) is 0.600. The van der Waals surface area contributed by atoms with Crippen molar-refractivity contribution in [2.75, 3.05) is 0 Å². The van der Waals surface area contributed by atoms with Crippen LogP contribution in [0.2, 0.25) is 5.02 Å². The van der Waals surface area contributed by atoms with E-state index in [1.54, 1.807) is 0 Å². The highest BCUT2D eigenvalue weighted by Crippen LogP contribution is 2.34. The molecule has 0 radical (unpaired) electrons. The van der Waals surface area contributed by atoms with Crippen molar-refractivity contribution >= 4 is 48.9 Å². The molecule has 0 spiro atoms. The minimum Gasteiger partial charge on any atom is -0.207 e. The third-order valence-corrected chi connectivity index (χ3v) is 7.23. The monoisotopic (exact) mass is 359 g/mol. The van der Waals surface area contributed by atoms with Crippen LogP contribution in [-0.4, -0.2) is 14.5 Å². The Hall–Kier alpha value is 0.380. The minimum absolute atomic E-state index is 0.0929. The van der Waals surface area contributed by atoms with E-state index in [4.69, 9.17) is 11.6 Å². The zero-order valence-electron chi connectivity index (χ0n) is 9.83. The van der Waals surface area contributed by atoms with Crippen LogP contribution >= 0.6 is 38.9 Å². The first-order chi connectivity index (χ1) is 7.77. The number of hydrogen-bond donors (Lipinski definition) is 1. The molecule has 3 nitrogen and oxygen atoms in total. The van der Waals surface area contributed by atoms with Crippen LogP contribution in [0.4, 0.5) is 0 Å². The van der Waals surface area contributed by atoms with Gasteiger partial charge in [-0.25, -0.2) is 13.1 Å². The summed E-state index contributed by atoms with van der Waals surface area (Å²) in [6.45, 7) is 5.93. The predicted molar refractivity (Wildman–Crippen MR) is 76.3 cm³/mol. The van der Waals surface area contributed by atoms with Gasteiger partial charge in [-0.1, -0.05) is 31.9 Å². The predicted octanol–water partition coefficient (Wildman–Crippen LogP) is 3.88. The van der Waals surface area contributed by atoms with Gasteiger partial charge < -0.3 is 0 Å². The van der Waals surface area contributed by atoms with Crippen molar-refractivity contribution in [1.29, 1.82) is 0 Å². The smallest absolute Gasteiger partial charge is 0.207 e. The first-order valence-electron chi connectivity index (χ1n) is 5.25. The highest BCUT2D eigenvalue weighted by atomic mass is 79.9. The van der Waals surface area contributed by atoms with E-state index in [2.05, 4.69) is 20.7 Å². The lowest BCUT2D eigenvalue weighted by Crippen LogP contribution is -2.36. The molecule has 1 N–H and O–H groups in total. The molecule has 0 saturated carbocycles. The summed E-state index contributed by atoms with van der Waals surface area (Å²) in [6.07, 6.45) is 0.929. The fourth-order valence-electron chi connectivity index (χ4n) is 1.23. The van der Waals surface area contributed by atoms with Gasteiger partial charge in [0.2, 0.25) is 10.0 Å². The molecule has 0 aliphatic rings. The van der Waals surface area contributed by atoms with Crippen LogP contribution in [0, 0.1) is 5.92 Å². The summed E-state index contributed by atoms with van der Waals surface area (Å²) in [5.74, 6) is 0.295. The van der Waals surface area contributed by atoms with Gasteiger partial charge in [-0.2, -0.15) is 0 Å². The molecule has 98 valence electrons. The lowest BCUT2D eigenvalue weighted by atomic mass is 10.0. The second kappa shape index (κ2) is 6.02. The maximum atomic E-state index is 12.0. The molecule has 2 atom stereocenters. The number of thiophene rings is 1. The largest absolute Gasteiger partial charge is 0.250 e. The van der Waals surface area contributed by atoms with E-state index in [1.165, 1.54) is 6.07 Å². The van der Waals surface area contributed by atoms with Gasteiger partial charge in [-0.05, 0) is 34.8 Å². The van der Waals surface area contributed by atoms with Crippen molar-refractivity contribution in [2.24, 2.45) is 5.92 Å². The van der Waals surface area contributed by atoms with Gasteiger partial charge in [-0.15, -0.1) is 11.3 Å². The fourth-order valence-corrected chi connectivity index (χ4v) is 5.00. The quantitative estimate of drug-likeness (QED) is 0.866. The molecule has 0 aliphatic carbocycles. The van der Waals surface area contributed by atoms with Gasteiger partial charge in [0.15, 0.2) is 0 Å². The lowest BCUT2D eigenvalue weighted by molar-refractivity contribution is 0.434. The molecule has 0 aromatic carbocycles. The van der Waals surface area contributed by atoms with Gasteiger partial charge in [0.25, 0.3) is 0 Å². The number of rotatable bonds is 5. The summed E-state index contributed by atoms with van der Waals surface area (Å²) < 4.78 is 27.6. The van der Waals surface area contributed by atoms with Crippen LogP contribution in [0.5, 0.6) is 0 Å². The maximum absolute atomic E-state index is 12.0. The van der Waals surface area contributed by atoms with Crippen LogP contribution in [0.1, 0.15) is 27.2 Å². The van der Waals surface area contributed by atoms with Crippen LogP contribution < -0.4 is 4.72 Å². The van der Waals surface area contributed by atoms with Gasteiger partial charge in [-0.3, -0.25) is 0 Å². The first-order valence-corrected chi connectivity index (χ1v) is 8.72. The SMILES string of the molecule is CCC(C)C(C)NS(=O)(=O)c1cc(Cl)c(Br)s1. The molecular formula is C10H15BrClNO2S2. The van der Waals surface area contributed by atoms with E-state index in [9.17, 15) is 8.42 Å². The molecule has 7 heteroatoms. The van der Waals surface area contributed by atoms with E-state index in [1.807, 2.05) is 20.8 Å². The highest BCUT2D eigenvalue weighted by Gasteiger charge is 2.23. The molecule has 1 aromatic rings. The van der Waals surface area contributed by atoms with Crippen LogP contribution in [0.15, 0.2) is 14.1 Å². The Morgan fingerprint density at radius 2 is 2.12 bits per heavy atom. The molecule has 0 bridgehead atoms. The number of halogens is 2. The summed E-state index contributed by atoms with van der Waals surface area (Å²) in [4.78, 5) is 0. The Morgan fingerprint density at radius 3 is 2.53 bits per heavy atom.